The van der Waals surface area contributed by atoms with Crippen LogP contribution >= 0.6 is 15.9 Å². The highest BCUT2D eigenvalue weighted by molar-refractivity contribution is 9.10. The van der Waals surface area contributed by atoms with Gasteiger partial charge < -0.3 is 5.73 Å². The molecule has 0 saturated carbocycles. The lowest BCUT2D eigenvalue weighted by Gasteiger charge is -2.26. The molecule has 0 aromatic heterocycles. The highest BCUT2D eigenvalue weighted by atomic mass is 79.9. The zero-order chi connectivity index (χ0) is 15.6. The average Bonchev–Trinajstić information content (AvgIpc) is 2.41. The third kappa shape index (κ3) is 3.92. The first-order valence-electron chi connectivity index (χ1n) is 7.08. The maximum Gasteiger partial charge on any atom is 0.124 e. The molecule has 0 fully saturated rings. The monoisotopic (exact) mass is 349 g/mol. The first kappa shape index (κ1) is 16.2. The minimum atomic E-state index is -0.241. The first-order valence-corrected chi connectivity index (χ1v) is 7.87. The molecule has 0 aliphatic heterocycles. The predicted molar refractivity (Wildman–Crippen MR) is 89.9 cm³/mol. The largest absolute Gasteiger partial charge is 0.324 e. The van der Waals surface area contributed by atoms with Crippen LogP contribution in [0.3, 0.4) is 0 Å². The Bertz CT molecular complexity index is 631. The van der Waals surface area contributed by atoms with Gasteiger partial charge in [0.25, 0.3) is 0 Å². The van der Waals surface area contributed by atoms with Gasteiger partial charge in [-0.1, -0.05) is 67.0 Å². The molecule has 1 nitrogen and oxygen atoms in total. The van der Waals surface area contributed by atoms with Crippen LogP contribution in [0.15, 0.2) is 46.9 Å². The molecule has 1 unspecified atom stereocenters. The Morgan fingerprint density at radius 1 is 1.14 bits per heavy atom. The first-order chi connectivity index (χ1) is 9.79. The molecular weight excluding hydrogens is 329 g/mol. The summed E-state index contributed by atoms with van der Waals surface area (Å²) in [5, 5.41) is 0. The minimum absolute atomic E-state index is 0.0498. The summed E-state index contributed by atoms with van der Waals surface area (Å²) in [6.45, 7) is 6.56. The van der Waals surface area contributed by atoms with E-state index in [0.29, 0.717) is 6.42 Å². The highest BCUT2D eigenvalue weighted by Gasteiger charge is 2.21. The van der Waals surface area contributed by atoms with Crippen LogP contribution in [0.1, 0.15) is 43.5 Å². The molecule has 21 heavy (non-hydrogen) atoms. The van der Waals surface area contributed by atoms with Gasteiger partial charge in [0.05, 0.1) is 0 Å². The van der Waals surface area contributed by atoms with Crippen molar-refractivity contribution in [2.24, 2.45) is 5.73 Å². The summed E-state index contributed by atoms with van der Waals surface area (Å²) >= 11 is 3.41. The van der Waals surface area contributed by atoms with Crippen LogP contribution in [0.25, 0.3) is 0 Å². The Morgan fingerprint density at radius 2 is 1.81 bits per heavy atom. The SMILES string of the molecule is CC(C)(C)c1ccccc1C(N)Cc1ccc(F)cc1Br. The van der Waals surface area contributed by atoms with Crippen LogP contribution < -0.4 is 5.73 Å². The van der Waals surface area contributed by atoms with Crippen molar-refractivity contribution in [3.63, 3.8) is 0 Å². The Balaban J connectivity index is 2.31. The molecule has 2 N–H and O–H groups in total. The van der Waals surface area contributed by atoms with Crippen molar-refractivity contribution in [3.8, 4) is 0 Å². The van der Waals surface area contributed by atoms with Gasteiger partial charge in [0.15, 0.2) is 0 Å². The Morgan fingerprint density at radius 3 is 2.43 bits per heavy atom. The van der Waals surface area contributed by atoms with E-state index in [1.807, 2.05) is 12.1 Å². The second-order valence-electron chi connectivity index (χ2n) is 6.38. The summed E-state index contributed by atoms with van der Waals surface area (Å²) < 4.78 is 13.9. The van der Waals surface area contributed by atoms with Gasteiger partial charge in [0.2, 0.25) is 0 Å². The lowest BCUT2D eigenvalue weighted by Crippen LogP contribution is -2.21. The normalized spacial score (nSPS) is 13.2. The molecule has 2 aromatic rings. The van der Waals surface area contributed by atoms with E-state index in [1.165, 1.54) is 17.7 Å². The lowest BCUT2D eigenvalue weighted by atomic mass is 9.81. The van der Waals surface area contributed by atoms with Crippen molar-refractivity contribution < 1.29 is 4.39 Å². The van der Waals surface area contributed by atoms with E-state index in [9.17, 15) is 4.39 Å². The van der Waals surface area contributed by atoms with E-state index >= 15 is 0 Å². The maximum atomic E-state index is 13.2. The summed E-state index contributed by atoms with van der Waals surface area (Å²) in [5.74, 6) is -0.241. The molecule has 0 heterocycles. The average molecular weight is 350 g/mol. The predicted octanol–water partition coefficient (Wildman–Crippen LogP) is 5.13. The zero-order valence-corrected chi connectivity index (χ0v) is 14.2. The molecule has 0 amide bonds. The second kappa shape index (κ2) is 6.29. The fourth-order valence-corrected chi connectivity index (χ4v) is 3.05. The molecule has 0 radical (unpaired) electrons. The van der Waals surface area contributed by atoms with Crippen LogP contribution in [-0.4, -0.2) is 0 Å². The standard InChI is InChI=1S/C18H21BrFN/c1-18(2,3)15-7-5-4-6-14(15)17(21)10-12-8-9-13(20)11-16(12)19/h4-9,11,17H,10,21H2,1-3H3. The van der Waals surface area contributed by atoms with Gasteiger partial charge in [-0.05, 0) is 40.7 Å². The Hall–Kier alpha value is -1.19. The molecule has 0 aliphatic carbocycles. The van der Waals surface area contributed by atoms with Crippen molar-refractivity contribution in [1.82, 2.24) is 0 Å². The molecule has 3 heteroatoms. The number of hydrogen-bond acceptors (Lipinski definition) is 1. The summed E-state index contributed by atoms with van der Waals surface area (Å²) in [7, 11) is 0. The molecule has 112 valence electrons. The van der Waals surface area contributed by atoms with Gasteiger partial charge in [0.1, 0.15) is 5.82 Å². The Labute approximate surface area is 134 Å². The molecular formula is C18H21BrFN. The van der Waals surface area contributed by atoms with E-state index < -0.39 is 0 Å². The lowest BCUT2D eigenvalue weighted by molar-refractivity contribution is 0.568. The van der Waals surface area contributed by atoms with E-state index in [0.717, 1.165) is 15.6 Å². The molecule has 2 aromatic carbocycles. The highest BCUT2D eigenvalue weighted by Crippen LogP contribution is 2.31. The van der Waals surface area contributed by atoms with Crippen LogP contribution in [-0.2, 0) is 11.8 Å². The number of benzene rings is 2. The summed E-state index contributed by atoms with van der Waals surface area (Å²) in [6, 6.07) is 12.9. The van der Waals surface area contributed by atoms with Crippen molar-refractivity contribution in [3.05, 3.63) is 69.4 Å². The number of hydrogen-bond donors (Lipinski definition) is 1. The zero-order valence-electron chi connectivity index (χ0n) is 12.7. The molecule has 0 saturated heterocycles. The van der Waals surface area contributed by atoms with Crippen molar-refractivity contribution in [1.29, 1.82) is 0 Å². The quantitative estimate of drug-likeness (QED) is 0.816. The van der Waals surface area contributed by atoms with E-state index in [4.69, 9.17) is 5.73 Å². The molecule has 2 rings (SSSR count). The Kier molecular flexibility index (Phi) is 4.84. The van der Waals surface area contributed by atoms with E-state index in [-0.39, 0.29) is 17.3 Å². The topological polar surface area (TPSA) is 26.0 Å². The van der Waals surface area contributed by atoms with Gasteiger partial charge in [-0.3, -0.25) is 0 Å². The molecule has 1 atom stereocenters. The third-order valence-electron chi connectivity index (χ3n) is 3.62. The fourth-order valence-electron chi connectivity index (χ4n) is 2.54. The van der Waals surface area contributed by atoms with E-state index in [2.05, 4.69) is 48.8 Å². The summed E-state index contributed by atoms with van der Waals surface area (Å²) in [5.41, 5.74) is 9.90. The van der Waals surface area contributed by atoms with Crippen molar-refractivity contribution in [2.45, 2.75) is 38.6 Å². The second-order valence-corrected chi connectivity index (χ2v) is 7.24. The molecule has 0 aliphatic rings. The minimum Gasteiger partial charge on any atom is -0.324 e. The number of nitrogens with two attached hydrogens (primary N) is 1. The van der Waals surface area contributed by atoms with Crippen LogP contribution in [0.4, 0.5) is 4.39 Å². The summed E-state index contributed by atoms with van der Waals surface area (Å²) in [4.78, 5) is 0. The number of halogens is 2. The van der Waals surface area contributed by atoms with Crippen LogP contribution in [0, 0.1) is 5.82 Å². The van der Waals surface area contributed by atoms with Crippen LogP contribution in [0.5, 0.6) is 0 Å². The van der Waals surface area contributed by atoms with Crippen molar-refractivity contribution in [2.75, 3.05) is 0 Å². The van der Waals surface area contributed by atoms with E-state index in [1.54, 1.807) is 6.07 Å². The molecule has 0 spiro atoms. The van der Waals surface area contributed by atoms with Gasteiger partial charge >= 0.3 is 0 Å². The van der Waals surface area contributed by atoms with Crippen LogP contribution in [0.2, 0.25) is 0 Å². The smallest absolute Gasteiger partial charge is 0.124 e. The third-order valence-corrected chi connectivity index (χ3v) is 4.36. The van der Waals surface area contributed by atoms with Gasteiger partial charge in [-0.15, -0.1) is 0 Å². The molecule has 0 bridgehead atoms. The van der Waals surface area contributed by atoms with Gasteiger partial charge in [-0.2, -0.15) is 0 Å². The van der Waals surface area contributed by atoms with Gasteiger partial charge in [-0.25, -0.2) is 4.39 Å². The fraction of sp³-hybridized carbons (Fsp3) is 0.333. The number of rotatable bonds is 3. The maximum absolute atomic E-state index is 13.2. The van der Waals surface area contributed by atoms with Gasteiger partial charge in [0, 0.05) is 10.5 Å². The summed E-state index contributed by atoms with van der Waals surface area (Å²) in [6.07, 6.45) is 0.675. The van der Waals surface area contributed by atoms with Crippen molar-refractivity contribution >= 4 is 15.9 Å².